The van der Waals surface area contributed by atoms with Crippen LogP contribution in [-0.2, 0) is 10.0 Å². The van der Waals surface area contributed by atoms with E-state index < -0.39 is 10.0 Å². The van der Waals surface area contributed by atoms with Crippen LogP contribution < -0.4 is 4.72 Å². The highest BCUT2D eigenvalue weighted by Gasteiger charge is 2.32. The van der Waals surface area contributed by atoms with E-state index in [-0.39, 0.29) is 17.7 Å². The van der Waals surface area contributed by atoms with Crippen molar-refractivity contribution in [3.8, 4) is 0 Å². The number of rotatable bonds is 4. The van der Waals surface area contributed by atoms with E-state index in [2.05, 4.69) is 18.6 Å². The summed E-state index contributed by atoms with van der Waals surface area (Å²) >= 11 is 5.42. The molecule has 1 aliphatic rings. The van der Waals surface area contributed by atoms with Gasteiger partial charge in [-0.2, -0.15) is 0 Å². The molecule has 0 aromatic carbocycles. The van der Waals surface area contributed by atoms with Crippen molar-refractivity contribution in [1.29, 1.82) is 0 Å². The number of hydrogen-bond acceptors (Lipinski definition) is 2. The molecule has 1 fully saturated rings. The third-order valence-corrected chi connectivity index (χ3v) is 4.96. The first-order chi connectivity index (χ1) is 6.46. The molecule has 84 valence electrons. The Morgan fingerprint density at radius 2 is 2.00 bits per heavy atom. The molecule has 0 aliphatic heterocycles. The third-order valence-electron chi connectivity index (χ3n) is 3.14. The predicted octanol–water partition coefficient (Wildman–Crippen LogP) is 1.58. The molecule has 5 heteroatoms. The van der Waals surface area contributed by atoms with Gasteiger partial charge >= 0.3 is 0 Å². The van der Waals surface area contributed by atoms with E-state index >= 15 is 0 Å². The normalized spacial score (nSPS) is 33.5. The van der Waals surface area contributed by atoms with Crippen molar-refractivity contribution >= 4 is 21.6 Å². The van der Waals surface area contributed by atoms with Gasteiger partial charge in [0.05, 0.1) is 5.75 Å². The molecular formula is C9H18ClNO2S. The molecule has 1 saturated carbocycles. The summed E-state index contributed by atoms with van der Waals surface area (Å²) in [7, 11) is -3.15. The summed E-state index contributed by atoms with van der Waals surface area (Å²) in [5.74, 6) is 1.22. The van der Waals surface area contributed by atoms with Crippen molar-refractivity contribution in [3.05, 3.63) is 0 Å². The summed E-state index contributed by atoms with van der Waals surface area (Å²) in [5, 5.41) is 0. The standard InChI is InChI=1S/C9H18ClNO2S/c1-7-3-4-9(8(7)2)11-14(12,13)6-5-10/h7-9,11H,3-6H2,1-2H3. The maximum Gasteiger partial charge on any atom is 0.213 e. The van der Waals surface area contributed by atoms with Crippen LogP contribution in [0.25, 0.3) is 0 Å². The Bertz CT molecular complexity index is 279. The fourth-order valence-electron chi connectivity index (χ4n) is 1.92. The fourth-order valence-corrected chi connectivity index (χ4v) is 3.65. The number of halogens is 1. The lowest BCUT2D eigenvalue weighted by molar-refractivity contribution is 0.402. The number of hydrogen-bond donors (Lipinski definition) is 1. The van der Waals surface area contributed by atoms with Crippen LogP contribution in [0.3, 0.4) is 0 Å². The Morgan fingerprint density at radius 1 is 1.36 bits per heavy atom. The molecule has 0 amide bonds. The summed E-state index contributed by atoms with van der Waals surface area (Å²) in [5.41, 5.74) is 0. The van der Waals surface area contributed by atoms with Gasteiger partial charge in [-0.25, -0.2) is 13.1 Å². The zero-order chi connectivity index (χ0) is 10.8. The molecule has 1 aliphatic carbocycles. The minimum Gasteiger partial charge on any atom is -0.212 e. The lowest BCUT2D eigenvalue weighted by Gasteiger charge is -2.19. The molecule has 1 rings (SSSR count). The van der Waals surface area contributed by atoms with E-state index in [1.807, 2.05) is 0 Å². The summed E-state index contributed by atoms with van der Waals surface area (Å²) < 4.78 is 25.6. The molecule has 14 heavy (non-hydrogen) atoms. The second kappa shape index (κ2) is 4.81. The monoisotopic (exact) mass is 239 g/mol. The minimum atomic E-state index is -3.15. The summed E-state index contributed by atoms with van der Waals surface area (Å²) in [4.78, 5) is 0. The van der Waals surface area contributed by atoms with E-state index in [1.54, 1.807) is 0 Å². The van der Waals surface area contributed by atoms with E-state index in [4.69, 9.17) is 11.6 Å². The molecule has 0 spiro atoms. The van der Waals surface area contributed by atoms with Crippen LogP contribution in [0.2, 0.25) is 0 Å². The summed E-state index contributed by atoms with van der Waals surface area (Å²) in [6.07, 6.45) is 2.05. The van der Waals surface area contributed by atoms with Crippen LogP contribution in [0, 0.1) is 11.8 Å². The first-order valence-electron chi connectivity index (χ1n) is 5.02. The van der Waals surface area contributed by atoms with Crippen LogP contribution >= 0.6 is 11.6 Å². The van der Waals surface area contributed by atoms with Gasteiger partial charge in [-0.1, -0.05) is 13.8 Å². The molecule has 3 unspecified atom stereocenters. The third kappa shape index (κ3) is 3.11. The maximum atomic E-state index is 11.4. The SMILES string of the molecule is CC1CCC(NS(=O)(=O)CCCl)C1C. The molecule has 0 bridgehead atoms. The van der Waals surface area contributed by atoms with Crippen molar-refractivity contribution in [3.63, 3.8) is 0 Å². The highest BCUT2D eigenvalue weighted by molar-refractivity contribution is 7.89. The van der Waals surface area contributed by atoms with E-state index in [1.165, 1.54) is 0 Å². The Hall–Kier alpha value is 0.200. The van der Waals surface area contributed by atoms with Gasteiger partial charge in [-0.3, -0.25) is 0 Å². The zero-order valence-corrected chi connectivity index (χ0v) is 10.2. The van der Waals surface area contributed by atoms with Crippen molar-refractivity contribution in [2.24, 2.45) is 11.8 Å². The van der Waals surface area contributed by atoms with Gasteiger partial charge in [0.15, 0.2) is 0 Å². The Labute approximate surface area is 91.3 Å². The first kappa shape index (κ1) is 12.3. The second-order valence-electron chi connectivity index (χ2n) is 4.15. The molecule has 0 aromatic rings. The number of alkyl halides is 1. The van der Waals surface area contributed by atoms with E-state index in [9.17, 15) is 8.42 Å². The molecule has 0 radical (unpaired) electrons. The van der Waals surface area contributed by atoms with E-state index in [0.29, 0.717) is 11.8 Å². The van der Waals surface area contributed by atoms with Crippen LogP contribution in [0.4, 0.5) is 0 Å². The minimum absolute atomic E-state index is 0.0200. The smallest absolute Gasteiger partial charge is 0.212 e. The maximum absolute atomic E-state index is 11.4. The second-order valence-corrected chi connectivity index (χ2v) is 6.40. The van der Waals surface area contributed by atoms with Crippen LogP contribution in [0.5, 0.6) is 0 Å². The van der Waals surface area contributed by atoms with Gasteiger partial charge < -0.3 is 0 Å². The van der Waals surface area contributed by atoms with Gasteiger partial charge in [0.1, 0.15) is 0 Å². The molecule has 0 aromatic heterocycles. The first-order valence-corrected chi connectivity index (χ1v) is 7.21. The Morgan fingerprint density at radius 3 is 2.43 bits per heavy atom. The Kier molecular flexibility index (Phi) is 4.22. The average Bonchev–Trinajstić information content (AvgIpc) is 2.35. The molecule has 1 N–H and O–H groups in total. The highest BCUT2D eigenvalue weighted by atomic mass is 35.5. The quantitative estimate of drug-likeness (QED) is 0.758. The van der Waals surface area contributed by atoms with Crippen LogP contribution in [0.1, 0.15) is 26.7 Å². The zero-order valence-electron chi connectivity index (χ0n) is 8.66. The largest absolute Gasteiger partial charge is 0.213 e. The van der Waals surface area contributed by atoms with Crippen molar-refractivity contribution in [2.75, 3.05) is 11.6 Å². The highest BCUT2D eigenvalue weighted by Crippen LogP contribution is 2.31. The predicted molar refractivity (Wildman–Crippen MR) is 59.0 cm³/mol. The number of nitrogens with one attached hydrogen (secondary N) is 1. The van der Waals surface area contributed by atoms with Crippen molar-refractivity contribution < 1.29 is 8.42 Å². The molecule has 3 atom stereocenters. The topological polar surface area (TPSA) is 46.2 Å². The molecule has 0 saturated heterocycles. The Balaban J connectivity index is 2.53. The van der Waals surface area contributed by atoms with Gasteiger partial charge in [0.2, 0.25) is 10.0 Å². The average molecular weight is 240 g/mol. The lowest BCUT2D eigenvalue weighted by atomic mass is 9.98. The molecule has 0 heterocycles. The van der Waals surface area contributed by atoms with Crippen molar-refractivity contribution in [2.45, 2.75) is 32.7 Å². The van der Waals surface area contributed by atoms with Gasteiger partial charge in [-0.15, -0.1) is 11.6 Å². The van der Waals surface area contributed by atoms with Gasteiger partial charge in [-0.05, 0) is 24.7 Å². The summed E-state index contributed by atoms with van der Waals surface area (Å²) in [6.45, 7) is 4.27. The van der Waals surface area contributed by atoms with Crippen LogP contribution in [-0.4, -0.2) is 26.1 Å². The van der Waals surface area contributed by atoms with Crippen LogP contribution in [0.15, 0.2) is 0 Å². The van der Waals surface area contributed by atoms with Crippen molar-refractivity contribution in [1.82, 2.24) is 4.72 Å². The molecular weight excluding hydrogens is 222 g/mol. The van der Waals surface area contributed by atoms with E-state index in [0.717, 1.165) is 12.8 Å². The fraction of sp³-hybridized carbons (Fsp3) is 1.00. The summed E-state index contributed by atoms with van der Waals surface area (Å²) in [6, 6.07) is 0.109. The number of sulfonamides is 1. The molecule has 3 nitrogen and oxygen atoms in total. The van der Waals surface area contributed by atoms with Gasteiger partial charge in [0.25, 0.3) is 0 Å². The van der Waals surface area contributed by atoms with Gasteiger partial charge in [0, 0.05) is 11.9 Å². The lowest BCUT2D eigenvalue weighted by Crippen LogP contribution is -2.38.